The van der Waals surface area contributed by atoms with Crippen LogP contribution in [0.2, 0.25) is 0 Å². The molecule has 4 nitrogen and oxygen atoms in total. The largest absolute Gasteiger partial charge is 0.348 e. The Labute approximate surface area is 78.3 Å². The Bertz CT molecular complexity index is 216. The molecular weight excluding hydrogens is 168 g/mol. The monoisotopic (exact) mass is 184 g/mol. The number of likely N-dealkylation sites (tertiary alicyclic amines) is 1. The Hall–Kier alpha value is -0.900. The topological polar surface area (TPSA) is 49.4 Å². The summed E-state index contributed by atoms with van der Waals surface area (Å²) >= 11 is 0. The van der Waals surface area contributed by atoms with Crippen molar-refractivity contribution in [1.82, 2.24) is 10.2 Å². The summed E-state index contributed by atoms with van der Waals surface area (Å²) in [5.74, 6) is -0.0239. The first-order chi connectivity index (χ1) is 6.11. The van der Waals surface area contributed by atoms with Crippen molar-refractivity contribution < 1.29 is 9.59 Å². The standard InChI is InChI=1S/C9H16N2O2/c1-7(12)6-10-9(13)8-4-3-5-11(8)2/h8H,3-6H2,1-2H3,(H,10,13)/t8-/m1/s1. The maximum absolute atomic E-state index is 11.5. The Morgan fingerprint density at radius 2 is 2.23 bits per heavy atom. The van der Waals surface area contributed by atoms with Crippen LogP contribution >= 0.6 is 0 Å². The average molecular weight is 184 g/mol. The van der Waals surface area contributed by atoms with E-state index in [0.717, 1.165) is 19.4 Å². The number of nitrogens with zero attached hydrogens (tertiary/aromatic N) is 1. The molecule has 13 heavy (non-hydrogen) atoms. The molecule has 0 aromatic carbocycles. The highest BCUT2D eigenvalue weighted by atomic mass is 16.2. The first-order valence-electron chi connectivity index (χ1n) is 4.58. The quantitative estimate of drug-likeness (QED) is 0.660. The van der Waals surface area contributed by atoms with Gasteiger partial charge in [-0.2, -0.15) is 0 Å². The number of likely N-dealkylation sites (N-methyl/N-ethyl adjacent to an activating group) is 1. The highest BCUT2D eigenvalue weighted by Gasteiger charge is 2.27. The van der Waals surface area contributed by atoms with Crippen LogP contribution in [0.4, 0.5) is 0 Å². The summed E-state index contributed by atoms with van der Waals surface area (Å²) in [5.41, 5.74) is 0. The number of ketones is 1. The molecule has 0 aromatic heterocycles. The molecule has 1 rings (SSSR count). The van der Waals surface area contributed by atoms with Gasteiger partial charge in [-0.3, -0.25) is 14.5 Å². The smallest absolute Gasteiger partial charge is 0.237 e. The lowest BCUT2D eigenvalue weighted by Gasteiger charge is -2.17. The van der Waals surface area contributed by atoms with Crippen molar-refractivity contribution in [3.05, 3.63) is 0 Å². The second-order valence-corrected chi connectivity index (χ2v) is 3.56. The van der Waals surface area contributed by atoms with E-state index in [4.69, 9.17) is 0 Å². The maximum Gasteiger partial charge on any atom is 0.237 e. The lowest BCUT2D eigenvalue weighted by molar-refractivity contribution is -0.127. The third kappa shape index (κ3) is 2.81. The molecule has 1 saturated heterocycles. The molecule has 0 radical (unpaired) electrons. The number of carbonyl (C=O) groups excluding carboxylic acids is 2. The van der Waals surface area contributed by atoms with Crippen molar-refractivity contribution in [3.63, 3.8) is 0 Å². The highest BCUT2D eigenvalue weighted by Crippen LogP contribution is 2.14. The van der Waals surface area contributed by atoms with Crippen molar-refractivity contribution in [2.45, 2.75) is 25.8 Å². The van der Waals surface area contributed by atoms with E-state index < -0.39 is 0 Å². The predicted octanol–water partition coefficient (Wildman–Crippen LogP) is -0.214. The van der Waals surface area contributed by atoms with Crippen molar-refractivity contribution in [3.8, 4) is 0 Å². The summed E-state index contributed by atoms with van der Waals surface area (Å²) < 4.78 is 0. The van der Waals surface area contributed by atoms with Gasteiger partial charge in [-0.15, -0.1) is 0 Å². The molecule has 1 amide bonds. The van der Waals surface area contributed by atoms with Gasteiger partial charge in [-0.1, -0.05) is 0 Å². The molecular formula is C9H16N2O2. The van der Waals surface area contributed by atoms with E-state index in [-0.39, 0.29) is 24.3 Å². The van der Waals surface area contributed by atoms with Crippen molar-refractivity contribution in [1.29, 1.82) is 0 Å². The van der Waals surface area contributed by atoms with Crippen LogP contribution in [0.15, 0.2) is 0 Å². The van der Waals surface area contributed by atoms with Crippen LogP contribution in [-0.4, -0.2) is 42.8 Å². The number of Topliss-reactive ketones (excluding diaryl/α,β-unsaturated/α-hetero) is 1. The lowest BCUT2D eigenvalue weighted by Crippen LogP contribution is -2.42. The highest BCUT2D eigenvalue weighted by molar-refractivity contribution is 5.87. The number of hydrogen-bond acceptors (Lipinski definition) is 3. The number of nitrogens with one attached hydrogen (secondary N) is 1. The number of rotatable bonds is 3. The molecule has 1 aliphatic heterocycles. The molecule has 0 aromatic rings. The minimum Gasteiger partial charge on any atom is -0.348 e. The van der Waals surface area contributed by atoms with E-state index in [0.29, 0.717) is 0 Å². The Morgan fingerprint density at radius 1 is 1.54 bits per heavy atom. The zero-order valence-corrected chi connectivity index (χ0v) is 8.17. The van der Waals surface area contributed by atoms with E-state index >= 15 is 0 Å². The summed E-state index contributed by atoms with van der Waals surface area (Å²) in [7, 11) is 1.94. The molecule has 1 atom stereocenters. The predicted molar refractivity (Wildman–Crippen MR) is 49.3 cm³/mol. The van der Waals surface area contributed by atoms with E-state index in [1.54, 1.807) is 0 Å². The van der Waals surface area contributed by atoms with Crippen LogP contribution in [0, 0.1) is 0 Å². The van der Waals surface area contributed by atoms with Crippen LogP contribution in [0.25, 0.3) is 0 Å². The van der Waals surface area contributed by atoms with Gasteiger partial charge in [0, 0.05) is 0 Å². The third-order valence-corrected chi connectivity index (χ3v) is 2.33. The van der Waals surface area contributed by atoms with Crippen LogP contribution in [0.3, 0.4) is 0 Å². The maximum atomic E-state index is 11.5. The summed E-state index contributed by atoms with van der Waals surface area (Å²) in [6, 6.07) is -0.0284. The van der Waals surface area contributed by atoms with Gasteiger partial charge >= 0.3 is 0 Å². The fraction of sp³-hybridized carbons (Fsp3) is 0.778. The average Bonchev–Trinajstić information content (AvgIpc) is 2.47. The summed E-state index contributed by atoms with van der Waals surface area (Å²) in [4.78, 5) is 24.1. The first-order valence-corrected chi connectivity index (χ1v) is 4.58. The number of amides is 1. The van der Waals surface area contributed by atoms with E-state index in [9.17, 15) is 9.59 Å². The second-order valence-electron chi connectivity index (χ2n) is 3.56. The van der Waals surface area contributed by atoms with Crippen LogP contribution in [-0.2, 0) is 9.59 Å². The zero-order chi connectivity index (χ0) is 9.84. The molecule has 0 bridgehead atoms. The lowest BCUT2D eigenvalue weighted by atomic mass is 10.2. The van der Waals surface area contributed by atoms with E-state index in [1.807, 2.05) is 11.9 Å². The summed E-state index contributed by atoms with van der Waals surface area (Å²) in [6.07, 6.45) is 1.97. The zero-order valence-electron chi connectivity index (χ0n) is 8.17. The molecule has 0 saturated carbocycles. The molecule has 1 fully saturated rings. The minimum absolute atomic E-state index is 0.00556. The van der Waals surface area contributed by atoms with Gasteiger partial charge in [-0.25, -0.2) is 0 Å². The molecule has 0 unspecified atom stereocenters. The Kier molecular flexibility index (Phi) is 3.42. The van der Waals surface area contributed by atoms with E-state index in [2.05, 4.69) is 5.32 Å². The SMILES string of the molecule is CC(=O)CNC(=O)[C@H]1CCCN1C. The van der Waals surface area contributed by atoms with Gasteiger partial charge in [0.2, 0.25) is 5.91 Å². The fourth-order valence-corrected chi connectivity index (χ4v) is 1.57. The molecule has 1 heterocycles. The Balaban J connectivity index is 2.34. The van der Waals surface area contributed by atoms with Gasteiger partial charge in [0.1, 0.15) is 5.78 Å². The van der Waals surface area contributed by atoms with Gasteiger partial charge in [0.05, 0.1) is 12.6 Å². The van der Waals surface area contributed by atoms with Crippen molar-refractivity contribution in [2.24, 2.45) is 0 Å². The summed E-state index contributed by atoms with van der Waals surface area (Å²) in [6.45, 7) is 2.60. The van der Waals surface area contributed by atoms with Crippen LogP contribution in [0.5, 0.6) is 0 Å². The van der Waals surface area contributed by atoms with Gasteiger partial charge in [0.25, 0.3) is 0 Å². The molecule has 0 aliphatic carbocycles. The van der Waals surface area contributed by atoms with E-state index in [1.165, 1.54) is 6.92 Å². The van der Waals surface area contributed by atoms with Crippen molar-refractivity contribution in [2.75, 3.05) is 20.1 Å². The third-order valence-electron chi connectivity index (χ3n) is 2.33. The number of carbonyl (C=O) groups is 2. The fourth-order valence-electron chi connectivity index (χ4n) is 1.57. The molecule has 74 valence electrons. The first kappa shape index (κ1) is 10.2. The van der Waals surface area contributed by atoms with Gasteiger partial charge < -0.3 is 5.32 Å². The molecule has 1 N–H and O–H groups in total. The minimum atomic E-state index is -0.0284. The molecule has 4 heteroatoms. The van der Waals surface area contributed by atoms with Crippen LogP contribution in [0.1, 0.15) is 19.8 Å². The van der Waals surface area contributed by atoms with Gasteiger partial charge in [-0.05, 0) is 33.4 Å². The molecule has 1 aliphatic rings. The summed E-state index contributed by atoms with van der Waals surface area (Å²) in [5, 5.41) is 2.62. The second kappa shape index (κ2) is 4.37. The Morgan fingerprint density at radius 3 is 2.69 bits per heavy atom. The van der Waals surface area contributed by atoms with Crippen molar-refractivity contribution >= 4 is 11.7 Å². The number of hydrogen-bond donors (Lipinski definition) is 1. The molecule has 0 spiro atoms. The van der Waals surface area contributed by atoms with Gasteiger partial charge in [0.15, 0.2) is 0 Å². The normalized spacial score (nSPS) is 23.1. The van der Waals surface area contributed by atoms with Crippen LogP contribution < -0.4 is 5.32 Å².